The smallest absolute Gasteiger partial charge is 0.383 e. The van der Waals surface area contributed by atoms with E-state index in [1.807, 2.05) is 0 Å². The monoisotopic (exact) mass is 707 g/mol. The predicted molar refractivity (Wildman–Crippen MR) is 164 cm³/mol. The number of anilines is 2. The molecule has 0 aliphatic carbocycles. The molecule has 0 amide bonds. The van der Waals surface area contributed by atoms with Crippen molar-refractivity contribution in [1.82, 2.24) is 34.1 Å². The minimum Gasteiger partial charge on any atom is -0.390 e. The van der Waals surface area contributed by atoms with E-state index in [9.17, 15) is 24.3 Å². The van der Waals surface area contributed by atoms with Gasteiger partial charge in [-0.1, -0.05) is 23.6 Å². The molecule has 18 nitrogen and oxygen atoms in total. The van der Waals surface area contributed by atoms with E-state index in [4.69, 9.17) is 41.8 Å². The second-order valence-corrected chi connectivity index (χ2v) is 17.5. The highest BCUT2D eigenvalue weighted by molar-refractivity contribution is 8.44. The Hall–Kier alpha value is -2.13. The number of imidazole rings is 1. The van der Waals surface area contributed by atoms with Gasteiger partial charge in [-0.25, -0.2) is 29.5 Å². The van der Waals surface area contributed by atoms with Gasteiger partial charge in [0.25, 0.3) is 0 Å². The Kier molecular flexibility index (Phi) is 8.85. The van der Waals surface area contributed by atoms with Crippen molar-refractivity contribution in [2.75, 3.05) is 30.8 Å². The van der Waals surface area contributed by atoms with E-state index in [0.717, 1.165) is 11.3 Å². The van der Waals surface area contributed by atoms with E-state index >= 15 is 0 Å². The molecule has 4 aromatic heterocycles. The van der Waals surface area contributed by atoms with Crippen LogP contribution in [0.1, 0.15) is 25.3 Å². The van der Waals surface area contributed by atoms with Gasteiger partial charge in [-0.05, 0) is 24.6 Å². The number of aliphatic hydroxyl groups is 1. The first-order valence-corrected chi connectivity index (χ1v) is 19.4. The molecule has 0 spiro atoms. The fourth-order valence-corrected chi connectivity index (χ4v) is 8.81. The number of ether oxygens (including phenoxy) is 2. The van der Waals surface area contributed by atoms with Crippen molar-refractivity contribution in [1.29, 1.82) is 0 Å². The summed E-state index contributed by atoms with van der Waals surface area (Å²) in [4.78, 5) is 53.8. The normalized spacial score (nSPS) is 28.5. The highest BCUT2D eigenvalue weighted by Crippen LogP contribution is 2.52. The summed E-state index contributed by atoms with van der Waals surface area (Å²) in [7, 11) is 0. The Morgan fingerprint density at radius 3 is 2.55 bits per heavy atom. The first-order valence-electron chi connectivity index (χ1n) is 13.0. The SMILES string of the molecule is Nc1ncnc2c1ncn2[C@H]1CCC(COP(O)(=S)C[C@@H]2[C@@H](O)[C@@H](COP(=O)(O)S)O[C@H]2n2c(=O)sc3c(N)ncnc32)O1. The number of nitrogen functional groups attached to an aromatic ring is 2. The minimum absolute atomic E-state index is 0.0483. The fraction of sp³-hybridized carbons (Fsp3) is 0.524. The van der Waals surface area contributed by atoms with E-state index in [0.29, 0.717) is 28.7 Å². The molecular formula is C21H27N9O9P2S3. The first-order chi connectivity index (χ1) is 20.8. The summed E-state index contributed by atoms with van der Waals surface area (Å²) in [6.07, 6.45) is 0.371. The van der Waals surface area contributed by atoms with Gasteiger partial charge in [-0.15, -0.1) is 0 Å². The van der Waals surface area contributed by atoms with Gasteiger partial charge in [0, 0.05) is 12.1 Å². The van der Waals surface area contributed by atoms with Crippen molar-refractivity contribution in [3.63, 3.8) is 0 Å². The van der Waals surface area contributed by atoms with Crippen LogP contribution in [0, 0.1) is 5.92 Å². The molecule has 2 aliphatic rings. The zero-order valence-electron chi connectivity index (χ0n) is 22.5. The summed E-state index contributed by atoms with van der Waals surface area (Å²) < 4.78 is 37.6. The number of nitrogens with two attached hydrogens (primary N) is 2. The Balaban J connectivity index is 1.18. The predicted octanol–water partition coefficient (Wildman–Crippen LogP) is 0.775. The van der Waals surface area contributed by atoms with Crippen molar-refractivity contribution in [2.24, 2.45) is 5.92 Å². The Morgan fingerprint density at radius 1 is 1.07 bits per heavy atom. The summed E-state index contributed by atoms with van der Waals surface area (Å²) in [5, 5.41) is 11.2. The Labute approximate surface area is 262 Å². The van der Waals surface area contributed by atoms with Crippen LogP contribution in [-0.2, 0) is 34.9 Å². The van der Waals surface area contributed by atoms with Crippen molar-refractivity contribution in [3.8, 4) is 0 Å². The van der Waals surface area contributed by atoms with Gasteiger partial charge in [0.15, 0.2) is 23.6 Å². The second kappa shape index (κ2) is 12.2. The fourth-order valence-electron chi connectivity index (χ4n) is 5.27. The van der Waals surface area contributed by atoms with E-state index in [1.165, 1.54) is 17.2 Å². The highest BCUT2D eigenvalue weighted by Gasteiger charge is 2.48. The highest BCUT2D eigenvalue weighted by atomic mass is 32.7. The third-order valence-corrected chi connectivity index (χ3v) is 11.3. The number of nitrogens with zero attached hydrogens (tertiary/aromatic N) is 7. The number of aromatic nitrogens is 7. The largest absolute Gasteiger partial charge is 0.390 e. The molecule has 23 heteroatoms. The van der Waals surface area contributed by atoms with Crippen LogP contribution >= 0.6 is 36.9 Å². The maximum Gasteiger partial charge on any atom is 0.383 e. The zero-order chi connectivity index (χ0) is 31.4. The number of thiol groups is 1. The summed E-state index contributed by atoms with van der Waals surface area (Å²) in [5.74, 6) is -0.682. The molecule has 7 N–H and O–H groups in total. The molecule has 0 bridgehead atoms. The van der Waals surface area contributed by atoms with Crippen molar-refractivity contribution >= 4 is 81.8 Å². The standard InChI is InChI=1S/C21H27N9O9P2S3/c22-16-13-18(26-6-24-16)29(8-28-13)12-2-1-9(38-12)3-36-40(33,42)5-10-14(31)11(4-37-41(34,35)43)39-20(10)30-19-15(44-21(30)32)17(23)25-7-27-19/h6-12,14,20,31H,1-5H2,(H,33,42)(H2,22,24,26)(H2,23,25,27)(H2,34,35,43)/t9?,10-,11-,12-,14-,20-,40?/m1/s1. The van der Waals surface area contributed by atoms with Crippen molar-refractivity contribution in [3.05, 3.63) is 28.6 Å². The van der Waals surface area contributed by atoms with E-state index in [2.05, 4.69) is 37.2 Å². The molecule has 4 aromatic rings. The van der Waals surface area contributed by atoms with Crippen LogP contribution < -0.4 is 16.3 Å². The van der Waals surface area contributed by atoms with Gasteiger partial charge in [-0.2, -0.15) is 0 Å². The molecule has 0 aromatic carbocycles. The number of fused-ring (bicyclic) bond motifs is 2. The molecule has 0 radical (unpaired) electrons. The summed E-state index contributed by atoms with van der Waals surface area (Å²) in [5.41, 5.74) is 12.9. The van der Waals surface area contributed by atoms with Crippen LogP contribution in [0.3, 0.4) is 0 Å². The van der Waals surface area contributed by atoms with Crippen LogP contribution in [0.4, 0.5) is 11.6 Å². The van der Waals surface area contributed by atoms with Crippen LogP contribution in [0.2, 0.25) is 0 Å². The third-order valence-electron chi connectivity index (χ3n) is 7.27. The van der Waals surface area contributed by atoms with E-state index in [-0.39, 0.29) is 30.1 Å². The molecule has 6 rings (SSSR count). The molecular weight excluding hydrogens is 680 g/mol. The molecule has 6 heterocycles. The third kappa shape index (κ3) is 6.42. The Bertz CT molecular complexity index is 1850. The maximum atomic E-state index is 13.1. The summed E-state index contributed by atoms with van der Waals surface area (Å²) in [6, 6.07) is 0. The van der Waals surface area contributed by atoms with E-state index < -0.39 is 61.5 Å². The number of hydrogen-bond donors (Lipinski definition) is 6. The quantitative estimate of drug-likeness (QED) is 0.0982. The van der Waals surface area contributed by atoms with Crippen LogP contribution in [0.25, 0.3) is 21.5 Å². The average molecular weight is 708 g/mol. The van der Waals surface area contributed by atoms with Gasteiger partial charge in [0.05, 0.1) is 31.7 Å². The average Bonchev–Trinajstić information content (AvgIpc) is 3.72. The lowest BCUT2D eigenvalue weighted by molar-refractivity contribution is -0.0410. The van der Waals surface area contributed by atoms with Crippen molar-refractivity contribution in [2.45, 2.75) is 43.6 Å². The number of rotatable bonds is 10. The molecule has 2 aliphatic heterocycles. The molecule has 3 unspecified atom stereocenters. The summed E-state index contributed by atoms with van der Waals surface area (Å²) in [6.45, 7) is -8.44. The van der Waals surface area contributed by atoms with Crippen LogP contribution in [0.15, 0.2) is 23.8 Å². The maximum absolute atomic E-state index is 13.1. The number of hydrogen-bond acceptors (Lipinski definition) is 16. The Morgan fingerprint density at radius 2 is 1.80 bits per heavy atom. The first kappa shape index (κ1) is 31.8. The molecule has 8 atom stereocenters. The minimum atomic E-state index is -4.22. The molecule has 2 saturated heterocycles. The van der Waals surface area contributed by atoms with E-state index in [1.54, 1.807) is 10.9 Å². The molecule has 0 saturated carbocycles. The zero-order valence-corrected chi connectivity index (χ0v) is 26.8. The number of aliphatic hydroxyl groups excluding tert-OH is 1. The second-order valence-electron chi connectivity index (χ2n) is 10.1. The van der Waals surface area contributed by atoms with Gasteiger partial charge >= 0.3 is 11.7 Å². The lowest BCUT2D eigenvalue weighted by Crippen LogP contribution is -2.33. The topological polar surface area (TPSA) is 258 Å². The van der Waals surface area contributed by atoms with Gasteiger partial charge in [-0.3, -0.25) is 18.5 Å². The summed E-state index contributed by atoms with van der Waals surface area (Å²) >= 11 is 9.74. The molecule has 238 valence electrons. The van der Waals surface area contributed by atoms with Crippen LogP contribution in [0.5, 0.6) is 0 Å². The van der Waals surface area contributed by atoms with Gasteiger partial charge in [0.1, 0.15) is 47.2 Å². The lowest BCUT2D eigenvalue weighted by atomic mass is 10.0. The lowest BCUT2D eigenvalue weighted by Gasteiger charge is -2.26. The van der Waals surface area contributed by atoms with Gasteiger partial charge in [0.2, 0.25) is 0 Å². The number of thiazole rings is 1. The van der Waals surface area contributed by atoms with Crippen LogP contribution in [-0.4, -0.2) is 86.6 Å². The molecule has 2 fully saturated rings. The molecule has 44 heavy (non-hydrogen) atoms. The van der Waals surface area contributed by atoms with Gasteiger partial charge < -0.3 is 40.4 Å². The van der Waals surface area contributed by atoms with Crippen molar-refractivity contribution < 1.29 is 38.0 Å².